The predicted molar refractivity (Wildman–Crippen MR) is 118 cm³/mol. The van der Waals surface area contributed by atoms with Crippen molar-refractivity contribution in [2.75, 3.05) is 13.2 Å². The second kappa shape index (κ2) is 10.6. The average molecular weight is 408 g/mol. The van der Waals surface area contributed by atoms with Crippen LogP contribution < -0.4 is 10.6 Å². The lowest BCUT2D eigenvalue weighted by molar-refractivity contribution is -0.128. The molecule has 2 aromatic carbocycles. The molecular weight excluding hydrogens is 378 g/mol. The van der Waals surface area contributed by atoms with Gasteiger partial charge in [-0.15, -0.1) is 0 Å². The lowest BCUT2D eigenvalue weighted by Gasteiger charge is -2.18. The molecule has 3 N–H and O–H groups in total. The molecule has 0 aliphatic carbocycles. The first-order chi connectivity index (χ1) is 14.5. The van der Waals surface area contributed by atoms with Crippen LogP contribution in [0.15, 0.2) is 60.8 Å². The number of aromatic amines is 1. The Balaban J connectivity index is 1.48. The van der Waals surface area contributed by atoms with Crippen molar-refractivity contribution >= 4 is 22.7 Å². The molecule has 0 saturated carbocycles. The minimum atomic E-state index is -0.620. The second-order valence-electron chi connectivity index (χ2n) is 7.39. The van der Waals surface area contributed by atoms with Gasteiger partial charge in [0.15, 0.2) is 0 Å². The molecule has 3 aromatic rings. The summed E-state index contributed by atoms with van der Waals surface area (Å²) in [5.74, 6) is -0.415. The molecule has 30 heavy (non-hydrogen) atoms. The number of ether oxygens (including phenoxy) is 1. The molecule has 0 fully saturated rings. The highest BCUT2D eigenvalue weighted by atomic mass is 16.5. The van der Waals surface area contributed by atoms with Crippen LogP contribution in [0.4, 0.5) is 0 Å². The van der Waals surface area contributed by atoms with Crippen molar-refractivity contribution in [3.63, 3.8) is 0 Å². The minimum absolute atomic E-state index is 0.0101. The standard InChI is InChI=1S/C24H29N3O3/c1-17(19-9-4-3-5-10-19)30-14-8-13-25-24(29)23(27-18(2)28)15-20-16-26-22-12-7-6-11-21(20)22/h3-7,9-12,16-17,23,26H,8,13-15H2,1-2H3,(H,25,29)(H,27,28). The molecule has 1 aromatic heterocycles. The summed E-state index contributed by atoms with van der Waals surface area (Å²) >= 11 is 0. The third-order valence-corrected chi connectivity index (χ3v) is 5.05. The smallest absolute Gasteiger partial charge is 0.242 e. The molecule has 0 aliphatic heterocycles. The van der Waals surface area contributed by atoms with Crippen LogP contribution in [0.3, 0.4) is 0 Å². The summed E-state index contributed by atoms with van der Waals surface area (Å²) in [5.41, 5.74) is 3.14. The molecule has 0 bridgehead atoms. The van der Waals surface area contributed by atoms with E-state index in [1.807, 2.05) is 67.7 Å². The third-order valence-electron chi connectivity index (χ3n) is 5.05. The molecule has 2 atom stereocenters. The molecule has 0 spiro atoms. The van der Waals surface area contributed by atoms with E-state index in [2.05, 4.69) is 15.6 Å². The first-order valence-corrected chi connectivity index (χ1v) is 10.3. The summed E-state index contributed by atoms with van der Waals surface area (Å²) in [6.07, 6.45) is 3.03. The van der Waals surface area contributed by atoms with Crippen molar-refractivity contribution in [3.8, 4) is 0 Å². The molecule has 6 heteroatoms. The first kappa shape index (κ1) is 21.6. The quantitative estimate of drug-likeness (QED) is 0.450. The van der Waals surface area contributed by atoms with Gasteiger partial charge in [0.25, 0.3) is 0 Å². The zero-order valence-corrected chi connectivity index (χ0v) is 17.5. The van der Waals surface area contributed by atoms with Gasteiger partial charge in [-0.25, -0.2) is 0 Å². The predicted octanol–water partition coefficient (Wildman–Crippen LogP) is 3.50. The number of para-hydroxylation sites is 1. The van der Waals surface area contributed by atoms with Gasteiger partial charge in [-0.1, -0.05) is 48.5 Å². The van der Waals surface area contributed by atoms with Crippen molar-refractivity contribution in [2.45, 2.75) is 38.8 Å². The largest absolute Gasteiger partial charge is 0.374 e. The average Bonchev–Trinajstić information content (AvgIpc) is 3.16. The Morgan fingerprint density at radius 2 is 1.80 bits per heavy atom. The molecule has 2 amide bonds. The minimum Gasteiger partial charge on any atom is -0.374 e. The highest BCUT2D eigenvalue weighted by Gasteiger charge is 2.21. The lowest BCUT2D eigenvalue weighted by atomic mass is 10.0. The fourth-order valence-electron chi connectivity index (χ4n) is 3.46. The molecule has 1 heterocycles. The van der Waals surface area contributed by atoms with E-state index >= 15 is 0 Å². The monoisotopic (exact) mass is 407 g/mol. The van der Waals surface area contributed by atoms with Crippen LogP contribution in [0.5, 0.6) is 0 Å². The van der Waals surface area contributed by atoms with Gasteiger partial charge in [0.2, 0.25) is 11.8 Å². The first-order valence-electron chi connectivity index (χ1n) is 10.3. The molecule has 3 rings (SSSR count). The van der Waals surface area contributed by atoms with Crippen molar-refractivity contribution in [1.29, 1.82) is 0 Å². The Kier molecular flexibility index (Phi) is 7.63. The van der Waals surface area contributed by atoms with Crippen LogP contribution in [0.25, 0.3) is 10.9 Å². The normalized spacial score (nSPS) is 13.0. The van der Waals surface area contributed by atoms with Crippen molar-refractivity contribution < 1.29 is 14.3 Å². The van der Waals surface area contributed by atoms with Gasteiger partial charge in [0.1, 0.15) is 6.04 Å². The molecule has 0 aliphatic rings. The van der Waals surface area contributed by atoms with E-state index in [1.54, 1.807) is 0 Å². The van der Waals surface area contributed by atoms with E-state index in [0.29, 0.717) is 26.0 Å². The molecule has 0 saturated heterocycles. The molecule has 158 valence electrons. The van der Waals surface area contributed by atoms with Crippen LogP contribution >= 0.6 is 0 Å². The number of hydrogen-bond acceptors (Lipinski definition) is 3. The van der Waals surface area contributed by atoms with Gasteiger partial charge in [0, 0.05) is 43.6 Å². The summed E-state index contributed by atoms with van der Waals surface area (Å²) in [6, 6.07) is 17.3. The van der Waals surface area contributed by atoms with E-state index in [-0.39, 0.29) is 17.9 Å². The van der Waals surface area contributed by atoms with Crippen molar-refractivity contribution in [2.24, 2.45) is 0 Å². The van der Waals surface area contributed by atoms with E-state index in [0.717, 1.165) is 22.0 Å². The Hall–Kier alpha value is -3.12. The summed E-state index contributed by atoms with van der Waals surface area (Å²) < 4.78 is 5.84. The zero-order chi connectivity index (χ0) is 21.3. The van der Waals surface area contributed by atoms with Crippen LogP contribution in [0, 0.1) is 0 Å². The maximum absolute atomic E-state index is 12.7. The molecular formula is C24H29N3O3. The summed E-state index contributed by atoms with van der Waals surface area (Å²) in [5, 5.41) is 6.74. The Morgan fingerprint density at radius 3 is 2.57 bits per heavy atom. The van der Waals surface area contributed by atoms with E-state index < -0.39 is 6.04 Å². The van der Waals surface area contributed by atoms with E-state index in [1.165, 1.54) is 6.92 Å². The highest BCUT2D eigenvalue weighted by molar-refractivity contribution is 5.89. The van der Waals surface area contributed by atoms with Crippen LogP contribution in [-0.4, -0.2) is 36.0 Å². The fraction of sp³-hybridized carbons (Fsp3) is 0.333. The molecule has 6 nitrogen and oxygen atoms in total. The van der Waals surface area contributed by atoms with Crippen LogP contribution in [0.1, 0.15) is 37.5 Å². The fourth-order valence-corrected chi connectivity index (χ4v) is 3.46. The lowest BCUT2D eigenvalue weighted by Crippen LogP contribution is -2.47. The Morgan fingerprint density at radius 1 is 1.07 bits per heavy atom. The van der Waals surface area contributed by atoms with Gasteiger partial charge in [-0.3, -0.25) is 9.59 Å². The van der Waals surface area contributed by atoms with E-state index in [4.69, 9.17) is 4.74 Å². The highest BCUT2D eigenvalue weighted by Crippen LogP contribution is 2.19. The van der Waals surface area contributed by atoms with Crippen molar-refractivity contribution in [1.82, 2.24) is 15.6 Å². The van der Waals surface area contributed by atoms with Gasteiger partial charge in [0.05, 0.1) is 6.10 Å². The summed E-state index contributed by atoms with van der Waals surface area (Å²) in [4.78, 5) is 27.5. The number of carbonyl (C=O) groups excluding carboxylic acids is 2. The number of fused-ring (bicyclic) bond motifs is 1. The number of benzene rings is 2. The van der Waals surface area contributed by atoms with Gasteiger partial charge in [-0.05, 0) is 30.5 Å². The van der Waals surface area contributed by atoms with Gasteiger partial charge >= 0.3 is 0 Å². The Labute approximate surface area is 177 Å². The maximum Gasteiger partial charge on any atom is 0.242 e. The number of hydrogen-bond donors (Lipinski definition) is 3. The second-order valence-corrected chi connectivity index (χ2v) is 7.39. The van der Waals surface area contributed by atoms with E-state index in [9.17, 15) is 9.59 Å². The maximum atomic E-state index is 12.7. The number of carbonyl (C=O) groups is 2. The topological polar surface area (TPSA) is 83.2 Å². The van der Waals surface area contributed by atoms with Gasteiger partial charge in [-0.2, -0.15) is 0 Å². The summed E-state index contributed by atoms with van der Waals surface area (Å²) in [6.45, 7) is 4.48. The van der Waals surface area contributed by atoms with Crippen LogP contribution in [-0.2, 0) is 20.7 Å². The number of amides is 2. The number of nitrogens with one attached hydrogen (secondary N) is 3. The van der Waals surface area contributed by atoms with Crippen LogP contribution in [0.2, 0.25) is 0 Å². The molecule has 0 radical (unpaired) electrons. The SMILES string of the molecule is CC(=O)NC(Cc1c[nH]c2ccccc12)C(=O)NCCCOC(C)c1ccccc1. The Bertz CT molecular complexity index is 968. The summed E-state index contributed by atoms with van der Waals surface area (Å²) in [7, 11) is 0. The number of rotatable bonds is 10. The number of aromatic nitrogens is 1. The molecule has 2 unspecified atom stereocenters. The third kappa shape index (κ3) is 5.94. The van der Waals surface area contributed by atoms with Gasteiger partial charge < -0.3 is 20.4 Å². The van der Waals surface area contributed by atoms with Crippen molar-refractivity contribution in [3.05, 3.63) is 71.9 Å². The number of H-pyrrole nitrogens is 1. The zero-order valence-electron chi connectivity index (χ0n) is 17.5.